The third kappa shape index (κ3) is 14.1. The highest BCUT2D eigenvalue weighted by molar-refractivity contribution is 7.89. The highest BCUT2D eigenvalue weighted by Crippen LogP contribution is 2.13. The molecule has 13 nitrogen and oxygen atoms in total. The zero-order valence-electron chi connectivity index (χ0n) is 20.8. The number of hydrogen-bond donors (Lipinski definition) is 6. The number of unbranched alkanes of at least 4 members (excludes halogenated alkanes) is 1. The van der Waals surface area contributed by atoms with Gasteiger partial charge in [0.1, 0.15) is 11.9 Å². The first-order valence-electron chi connectivity index (χ1n) is 11.5. The lowest BCUT2D eigenvalue weighted by Crippen LogP contribution is -2.49. The van der Waals surface area contributed by atoms with Crippen molar-refractivity contribution in [1.29, 1.82) is 0 Å². The van der Waals surface area contributed by atoms with Gasteiger partial charge in [0.15, 0.2) is 0 Å². The van der Waals surface area contributed by atoms with E-state index in [1.165, 1.54) is 24.3 Å². The minimum absolute atomic E-state index is 0.0925. The van der Waals surface area contributed by atoms with Gasteiger partial charge in [0, 0.05) is 25.7 Å². The molecular formula is C23H28F3N5O8S. The molecule has 2 rings (SSSR count). The second kappa shape index (κ2) is 16.7. The lowest BCUT2D eigenvalue weighted by molar-refractivity contribution is -0.192. The summed E-state index contributed by atoms with van der Waals surface area (Å²) >= 11 is 0. The summed E-state index contributed by atoms with van der Waals surface area (Å²) in [5.74, 6) is -4.40. The SMILES string of the molecule is O=C(CCCCNc1ccccn1)NCC(=O)NCC(NS(=O)(=O)c1ccccc1)C(=O)O.O=C(O)C(F)(F)F. The Morgan fingerprint density at radius 1 is 0.900 bits per heavy atom. The Morgan fingerprint density at radius 3 is 2.08 bits per heavy atom. The molecule has 17 heteroatoms. The number of hydrogen-bond acceptors (Lipinski definition) is 8. The molecule has 0 fully saturated rings. The van der Waals surface area contributed by atoms with Gasteiger partial charge in [0.05, 0.1) is 11.4 Å². The highest BCUT2D eigenvalue weighted by Gasteiger charge is 2.38. The number of amides is 2. The second-order valence-corrected chi connectivity index (χ2v) is 9.52. The maximum absolute atomic E-state index is 12.3. The van der Waals surface area contributed by atoms with Gasteiger partial charge in [-0.3, -0.25) is 14.4 Å². The maximum Gasteiger partial charge on any atom is 0.490 e. The molecule has 0 radical (unpaired) electrons. The van der Waals surface area contributed by atoms with E-state index in [-0.39, 0.29) is 23.8 Å². The van der Waals surface area contributed by atoms with E-state index in [4.69, 9.17) is 9.90 Å². The van der Waals surface area contributed by atoms with Crippen LogP contribution in [0.1, 0.15) is 19.3 Å². The van der Waals surface area contributed by atoms with Gasteiger partial charge in [0.25, 0.3) is 0 Å². The molecule has 0 aliphatic carbocycles. The topological polar surface area (TPSA) is 204 Å². The Morgan fingerprint density at radius 2 is 1.52 bits per heavy atom. The lowest BCUT2D eigenvalue weighted by Gasteiger charge is -2.16. The third-order valence-electron chi connectivity index (χ3n) is 4.64. The molecule has 1 unspecified atom stereocenters. The lowest BCUT2D eigenvalue weighted by atomic mass is 10.2. The number of nitrogens with one attached hydrogen (secondary N) is 4. The molecule has 2 amide bonds. The molecule has 1 heterocycles. The first kappa shape index (κ1) is 33.8. The van der Waals surface area contributed by atoms with Crippen molar-refractivity contribution in [2.75, 3.05) is 25.0 Å². The normalized spacial score (nSPS) is 11.8. The number of carbonyl (C=O) groups excluding carboxylic acids is 2. The van der Waals surface area contributed by atoms with E-state index in [9.17, 15) is 41.1 Å². The van der Waals surface area contributed by atoms with Crippen LogP contribution in [-0.4, -0.2) is 79.2 Å². The summed E-state index contributed by atoms with van der Waals surface area (Å²) in [6.07, 6.45) is -1.84. The van der Waals surface area contributed by atoms with E-state index < -0.39 is 46.6 Å². The summed E-state index contributed by atoms with van der Waals surface area (Å²) in [7, 11) is -4.07. The fraction of sp³-hybridized carbons (Fsp3) is 0.348. The van der Waals surface area contributed by atoms with Gasteiger partial charge in [-0.2, -0.15) is 17.9 Å². The maximum atomic E-state index is 12.3. The van der Waals surface area contributed by atoms with Crippen molar-refractivity contribution in [2.45, 2.75) is 36.4 Å². The van der Waals surface area contributed by atoms with Crippen molar-refractivity contribution in [1.82, 2.24) is 20.3 Å². The highest BCUT2D eigenvalue weighted by atomic mass is 32.2. The minimum Gasteiger partial charge on any atom is -0.480 e. The van der Waals surface area contributed by atoms with Gasteiger partial charge in [-0.1, -0.05) is 24.3 Å². The van der Waals surface area contributed by atoms with Gasteiger partial charge in [0.2, 0.25) is 21.8 Å². The number of pyridine rings is 1. The number of carboxylic acids is 2. The average molecular weight is 592 g/mol. The molecule has 0 saturated carbocycles. The second-order valence-electron chi connectivity index (χ2n) is 7.81. The quantitative estimate of drug-likeness (QED) is 0.172. The van der Waals surface area contributed by atoms with Crippen molar-refractivity contribution in [3.05, 3.63) is 54.7 Å². The monoisotopic (exact) mass is 591 g/mol. The van der Waals surface area contributed by atoms with E-state index >= 15 is 0 Å². The van der Waals surface area contributed by atoms with Gasteiger partial charge in [-0.05, 0) is 37.1 Å². The van der Waals surface area contributed by atoms with Crippen LogP contribution in [0.3, 0.4) is 0 Å². The third-order valence-corrected chi connectivity index (χ3v) is 6.13. The van der Waals surface area contributed by atoms with Gasteiger partial charge in [-0.25, -0.2) is 18.2 Å². The summed E-state index contributed by atoms with van der Waals surface area (Å²) in [5.41, 5.74) is 0. The predicted octanol–water partition coefficient (Wildman–Crippen LogP) is 0.961. The minimum atomic E-state index is -5.08. The van der Waals surface area contributed by atoms with Crippen LogP contribution in [0.2, 0.25) is 0 Å². The Balaban J connectivity index is 0.00000101. The van der Waals surface area contributed by atoms with E-state index in [1.807, 2.05) is 22.9 Å². The standard InChI is InChI=1S/C21H27N5O6S.C2HF3O2/c27-19(11-5-7-13-23-18-10-4-6-12-22-18)25-15-20(28)24-14-17(21(29)30)26-33(31,32)16-8-2-1-3-9-16;3-2(4,5)1(6)7/h1-4,6,8-10,12,17,26H,5,7,11,13-15H2,(H,22,23)(H,24,28)(H,25,27)(H,29,30);(H,6,7). The number of nitrogens with zero attached hydrogens (tertiary/aromatic N) is 1. The summed E-state index contributed by atoms with van der Waals surface area (Å²) in [5, 5.41) is 24.3. The molecule has 40 heavy (non-hydrogen) atoms. The van der Waals surface area contributed by atoms with Gasteiger partial charge < -0.3 is 26.2 Å². The molecule has 0 saturated heterocycles. The molecule has 1 atom stereocenters. The summed E-state index contributed by atoms with van der Waals surface area (Å²) < 4.78 is 58.3. The summed E-state index contributed by atoms with van der Waals surface area (Å²) in [6, 6.07) is 11.2. The Labute approximate surface area is 227 Å². The molecule has 0 spiro atoms. The number of rotatable bonds is 14. The van der Waals surface area contributed by atoms with E-state index in [1.54, 1.807) is 12.3 Å². The molecular weight excluding hydrogens is 563 g/mol. The summed E-state index contributed by atoms with van der Waals surface area (Å²) in [6.45, 7) is -0.168. The van der Waals surface area contributed by atoms with Gasteiger partial charge in [-0.15, -0.1) is 0 Å². The molecule has 1 aromatic heterocycles. The zero-order chi connectivity index (χ0) is 30.2. The van der Waals surface area contributed by atoms with Crippen LogP contribution in [0.4, 0.5) is 19.0 Å². The molecule has 220 valence electrons. The smallest absolute Gasteiger partial charge is 0.480 e. The number of aromatic nitrogens is 1. The Hall–Kier alpha value is -4.25. The number of carbonyl (C=O) groups is 4. The fourth-order valence-corrected chi connectivity index (χ4v) is 3.88. The van der Waals surface area contributed by atoms with Crippen LogP contribution >= 0.6 is 0 Å². The van der Waals surface area contributed by atoms with Gasteiger partial charge >= 0.3 is 18.1 Å². The van der Waals surface area contributed by atoms with Crippen LogP contribution in [0.5, 0.6) is 0 Å². The number of alkyl halides is 3. The zero-order valence-corrected chi connectivity index (χ0v) is 21.7. The molecule has 0 aliphatic rings. The largest absolute Gasteiger partial charge is 0.490 e. The number of aliphatic carboxylic acids is 2. The van der Waals surface area contributed by atoms with E-state index in [0.717, 1.165) is 12.2 Å². The number of anilines is 1. The van der Waals surface area contributed by atoms with Crippen molar-refractivity contribution in [3.63, 3.8) is 0 Å². The summed E-state index contributed by atoms with van der Waals surface area (Å²) in [4.78, 5) is 48.1. The van der Waals surface area contributed by atoms with Crippen LogP contribution in [0, 0.1) is 0 Å². The van der Waals surface area contributed by atoms with E-state index in [0.29, 0.717) is 13.0 Å². The van der Waals surface area contributed by atoms with Crippen LogP contribution in [0.15, 0.2) is 59.6 Å². The number of halogens is 3. The molecule has 0 bridgehead atoms. The van der Waals surface area contributed by atoms with Crippen molar-refractivity contribution in [3.8, 4) is 0 Å². The predicted molar refractivity (Wildman–Crippen MR) is 134 cm³/mol. The Kier molecular flexibility index (Phi) is 14.1. The first-order chi connectivity index (χ1) is 18.7. The average Bonchev–Trinajstić information content (AvgIpc) is 2.90. The number of carboxylic acid groups (broad SMARTS) is 2. The van der Waals surface area contributed by atoms with Crippen molar-refractivity contribution < 1.29 is 51.0 Å². The molecule has 2 aromatic rings. The molecule has 0 aliphatic heterocycles. The van der Waals surface area contributed by atoms with Crippen LogP contribution in [-0.2, 0) is 29.2 Å². The van der Waals surface area contributed by atoms with E-state index in [2.05, 4.69) is 20.9 Å². The fourth-order valence-electron chi connectivity index (χ4n) is 2.67. The van der Waals surface area contributed by atoms with Crippen molar-refractivity contribution in [2.24, 2.45) is 0 Å². The van der Waals surface area contributed by atoms with Crippen molar-refractivity contribution >= 4 is 39.6 Å². The molecule has 6 N–H and O–H groups in total. The number of benzene rings is 1. The van der Waals surface area contributed by atoms with Crippen LogP contribution in [0.25, 0.3) is 0 Å². The number of sulfonamides is 1. The van der Waals surface area contributed by atoms with Crippen LogP contribution < -0.4 is 20.7 Å². The first-order valence-corrected chi connectivity index (χ1v) is 13.0. The molecule has 1 aromatic carbocycles. The Bertz CT molecular complexity index is 1220.